The standard InChI is InChI=1S/C15H24N2O/c1-12(14-6-7-14)17(2)8-9-18-15-5-3-4-13(10-15)11-16/h3-5,10,12,14H,6-9,11,16H2,1-2H3. The molecular formula is C15H24N2O. The molecule has 18 heavy (non-hydrogen) atoms. The fourth-order valence-corrected chi connectivity index (χ4v) is 2.21. The van der Waals surface area contributed by atoms with Gasteiger partial charge in [0.2, 0.25) is 0 Å². The zero-order valence-corrected chi connectivity index (χ0v) is 11.4. The van der Waals surface area contributed by atoms with E-state index in [1.165, 1.54) is 12.8 Å². The number of hydrogen-bond acceptors (Lipinski definition) is 3. The van der Waals surface area contributed by atoms with E-state index in [0.29, 0.717) is 12.6 Å². The molecule has 0 saturated heterocycles. The Kier molecular flexibility index (Phi) is 4.61. The first-order valence-corrected chi connectivity index (χ1v) is 6.82. The number of rotatable bonds is 7. The molecule has 2 N–H and O–H groups in total. The van der Waals surface area contributed by atoms with Crippen LogP contribution in [0.5, 0.6) is 5.75 Å². The van der Waals surface area contributed by atoms with Gasteiger partial charge in [-0.05, 0) is 50.4 Å². The van der Waals surface area contributed by atoms with Gasteiger partial charge in [0.1, 0.15) is 12.4 Å². The molecule has 0 heterocycles. The molecule has 0 aromatic heterocycles. The lowest BCUT2D eigenvalue weighted by molar-refractivity contribution is 0.186. The summed E-state index contributed by atoms with van der Waals surface area (Å²) in [6.07, 6.45) is 2.79. The van der Waals surface area contributed by atoms with E-state index in [1.54, 1.807) is 0 Å². The highest BCUT2D eigenvalue weighted by molar-refractivity contribution is 5.28. The Morgan fingerprint density at radius 3 is 2.89 bits per heavy atom. The van der Waals surface area contributed by atoms with E-state index in [-0.39, 0.29) is 0 Å². The van der Waals surface area contributed by atoms with Gasteiger partial charge in [-0.2, -0.15) is 0 Å². The topological polar surface area (TPSA) is 38.5 Å². The van der Waals surface area contributed by atoms with Gasteiger partial charge < -0.3 is 15.4 Å². The number of ether oxygens (including phenoxy) is 1. The molecule has 1 atom stereocenters. The molecular weight excluding hydrogens is 224 g/mol. The molecule has 1 aliphatic rings. The Balaban J connectivity index is 1.73. The van der Waals surface area contributed by atoms with Crippen molar-refractivity contribution in [2.75, 3.05) is 20.2 Å². The van der Waals surface area contributed by atoms with E-state index < -0.39 is 0 Å². The van der Waals surface area contributed by atoms with Gasteiger partial charge in [0.05, 0.1) is 0 Å². The SMILES string of the molecule is CC(C1CC1)N(C)CCOc1cccc(CN)c1. The highest BCUT2D eigenvalue weighted by atomic mass is 16.5. The number of likely N-dealkylation sites (N-methyl/N-ethyl adjacent to an activating group) is 1. The van der Waals surface area contributed by atoms with Gasteiger partial charge in [0.15, 0.2) is 0 Å². The summed E-state index contributed by atoms with van der Waals surface area (Å²) in [7, 11) is 2.18. The summed E-state index contributed by atoms with van der Waals surface area (Å²) < 4.78 is 5.77. The van der Waals surface area contributed by atoms with Crippen LogP contribution in [-0.2, 0) is 6.54 Å². The van der Waals surface area contributed by atoms with Gasteiger partial charge in [-0.3, -0.25) is 0 Å². The second kappa shape index (κ2) is 6.21. The minimum atomic E-state index is 0.565. The smallest absolute Gasteiger partial charge is 0.119 e. The molecule has 0 bridgehead atoms. The van der Waals surface area contributed by atoms with Gasteiger partial charge in [0, 0.05) is 19.1 Å². The lowest BCUT2D eigenvalue weighted by Gasteiger charge is -2.24. The zero-order chi connectivity index (χ0) is 13.0. The molecule has 2 rings (SSSR count). The van der Waals surface area contributed by atoms with Crippen LogP contribution in [0, 0.1) is 5.92 Å². The first-order valence-electron chi connectivity index (χ1n) is 6.82. The molecule has 3 heteroatoms. The predicted molar refractivity (Wildman–Crippen MR) is 74.6 cm³/mol. The lowest BCUT2D eigenvalue weighted by Crippen LogP contribution is -2.34. The van der Waals surface area contributed by atoms with E-state index in [9.17, 15) is 0 Å². The summed E-state index contributed by atoms with van der Waals surface area (Å²) in [5.74, 6) is 1.83. The van der Waals surface area contributed by atoms with Gasteiger partial charge in [-0.15, -0.1) is 0 Å². The molecule has 1 aliphatic carbocycles. The number of hydrogen-bond donors (Lipinski definition) is 1. The van der Waals surface area contributed by atoms with Crippen LogP contribution < -0.4 is 10.5 Å². The molecule has 1 fully saturated rings. The van der Waals surface area contributed by atoms with Crippen LogP contribution in [-0.4, -0.2) is 31.1 Å². The van der Waals surface area contributed by atoms with Crippen molar-refractivity contribution in [1.82, 2.24) is 4.90 Å². The van der Waals surface area contributed by atoms with Crippen molar-refractivity contribution >= 4 is 0 Å². The van der Waals surface area contributed by atoms with Crippen LogP contribution in [0.2, 0.25) is 0 Å². The van der Waals surface area contributed by atoms with Crippen LogP contribution in [0.1, 0.15) is 25.3 Å². The van der Waals surface area contributed by atoms with Gasteiger partial charge in [-0.25, -0.2) is 0 Å². The van der Waals surface area contributed by atoms with Crippen molar-refractivity contribution in [2.24, 2.45) is 11.7 Å². The Morgan fingerprint density at radius 2 is 2.22 bits per heavy atom. The molecule has 100 valence electrons. The molecule has 0 amide bonds. The lowest BCUT2D eigenvalue weighted by atomic mass is 10.2. The number of benzene rings is 1. The van der Waals surface area contributed by atoms with E-state index in [4.69, 9.17) is 10.5 Å². The first-order chi connectivity index (χ1) is 8.70. The summed E-state index contributed by atoms with van der Waals surface area (Å²) in [6.45, 7) is 4.59. The highest BCUT2D eigenvalue weighted by Crippen LogP contribution is 2.34. The molecule has 1 unspecified atom stereocenters. The summed E-state index contributed by atoms with van der Waals surface area (Å²) in [5.41, 5.74) is 6.73. The minimum absolute atomic E-state index is 0.565. The van der Waals surface area contributed by atoms with Gasteiger partial charge >= 0.3 is 0 Å². The highest BCUT2D eigenvalue weighted by Gasteiger charge is 2.30. The maximum Gasteiger partial charge on any atom is 0.119 e. The normalized spacial score (nSPS) is 16.9. The van der Waals surface area contributed by atoms with Crippen LogP contribution in [0.4, 0.5) is 0 Å². The van der Waals surface area contributed by atoms with Crippen molar-refractivity contribution < 1.29 is 4.74 Å². The Labute approximate surface area is 110 Å². The molecule has 0 radical (unpaired) electrons. The Hall–Kier alpha value is -1.06. The maximum absolute atomic E-state index is 5.77. The molecule has 3 nitrogen and oxygen atoms in total. The molecule has 1 aromatic rings. The van der Waals surface area contributed by atoms with Crippen LogP contribution in [0.3, 0.4) is 0 Å². The van der Waals surface area contributed by atoms with E-state index in [0.717, 1.165) is 30.4 Å². The molecule has 1 saturated carbocycles. The first kappa shape index (κ1) is 13.4. The number of nitrogens with two attached hydrogens (primary N) is 1. The fraction of sp³-hybridized carbons (Fsp3) is 0.600. The van der Waals surface area contributed by atoms with Crippen molar-refractivity contribution in [1.29, 1.82) is 0 Å². The van der Waals surface area contributed by atoms with Crippen molar-refractivity contribution in [3.63, 3.8) is 0 Å². The third-order valence-corrected chi connectivity index (χ3v) is 3.85. The number of nitrogens with zero attached hydrogens (tertiary/aromatic N) is 1. The van der Waals surface area contributed by atoms with Crippen molar-refractivity contribution in [3.05, 3.63) is 29.8 Å². The summed E-state index contributed by atoms with van der Waals surface area (Å²) in [4.78, 5) is 2.39. The molecule has 0 aliphatic heterocycles. The monoisotopic (exact) mass is 248 g/mol. The average molecular weight is 248 g/mol. The quantitative estimate of drug-likeness (QED) is 0.804. The van der Waals surface area contributed by atoms with E-state index in [1.807, 2.05) is 24.3 Å². The van der Waals surface area contributed by atoms with Crippen molar-refractivity contribution in [2.45, 2.75) is 32.4 Å². The summed E-state index contributed by atoms with van der Waals surface area (Å²) >= 11 is 0. The minimum Gasteiger partial charge on any atom is -0.492 e. The second-order valence-electron chi connectivity index (χ2n) is 5.26. The molecule has 1 aromatic carbocycles. The van der Waals surface area contributed by atoms with Crippen molar-refractivity contribution in [3.8, 4) is 5.75 Å². The average Bonchev–Trinajstić information content (AvgIpc) is 3.22. The van der Waals surface area contributed by atoms with Gasteiger partial charge in [-0.1, -0.05) is 12.1 Å². The zero-order valence-electron chi connectivity index (χ0n) is 11.4. The van der Waals surface area contributed by atoms with Crippen LogP contribution in [0.15, 0.2) is 24.3 Å². The van der Waals surface area contributed by atoms with Crippen LogP contribution >= 0.6 is 0 Å². The summed E-state index contributed by atoms with van der Waals surface area (Å²) in [5, 5.41) is 0. The Morgan fingerprint density at radius 1 is 1.44 bits per heavy atom. The third kappa shape index (κ3) is 3.72. The fourth-order valence-electron chi connectivity index (χ4n) is 2.21. The van der Waals surface area contributed by atoms with Crippen LogP contribution in [0.25, 0.3) is 0 Å². The van der Waals surface area contributed by atoms with E-state index >= 15 is 0 Å². The van der Waals surface area contributed by atoms with E-state index in [2.05, 4.69) is 18.9 Å². The largest absolute Gasteiger partial charge is 0.492 e. The molecule has 0 spiro atoms. The Bertz CT molecular complexity index is 377. The second-order valence-corrected chi connectivity index (χ2v) is 5.26. The third-order valence-electron chi connectivity index (χ3n) is 3.85. The maximum atomic E-state index is 5.77. The van der Waals surface area contributed by atoms with Gasteiger partial charge in [0.25, 0.3) is 0 Å². The summed E-state index contributed by atoms with van der Waals surface area (Å²) in [6, 6.07) is 8.71. The predicted octanol–water partition coefficient (Wildman–Crippen LogP) is 2.25.